The van der Waals surface area contributed by atoms with Crippen molar-refractivity contribution in [1.82, 2.24) is 9.97 Å². The van der Waals surface area contributed by atoms with E-state index in [0.717, 1.165) is 10.9 Å². The van der Waals surface area contributed by atoms with Gasteiger partial charge in [-0.3, -0.25) is 9.97 Å². The van der Waals surface area contributed by atoms with E-state index >= 15 is 0 Å². The number of nitrogens with zero attached hydrogens (tertiary/aromatic N) is 2. The molecule has 5 nitrogen and oxygen atoms in total. The number of para-hydroxylation sites is 1. The minimum atomic E-state index is -0.323. The Kier molecular flexibility index (Phi) is 3.24. The summed E-state index contributed by atoms with van der Waals surface area (Å²) in [5, 5.41) is 6.49. The molecule has 1 aromatic carbocycles. The van der Waals surface area contributed by atoms with Crippen molar-refractivity contribution in [2.75, 3.05) is 10.6 Å². The molecule has 0 unspecified atom stereocenters. The number of pyridine rings is 2. The molecule has 0 bridgehead atoms. The minimum absolute atomic E-state index is 0.323. The van der Waals surface area contributed by atoms with Gasteiger partial charge in [-0.1, -0.05) is 18.2 Å². The molecule has 3 rings (SSSR count). The summed E-state index contributed by atoms with van der Waals surface area (Å²) in [5.74, 6) is 0. The normalized spacial score (nSPS) is 10.2. The van der Waals surface area contributed by atoms with Gasteiger partial charge in [-0.25, -0.2) is 4.79 Å². The van der Waals surface area contributed by atoms with Gasteiger partial charge in [0.1, 0.15) is 0 Å². The van der Waals surface area contributed by atoms with Crippen LogP contribution in [-0.4, -0.2) is 16.0 Å². The molecule has 0 aliphatic rings. The standard InChI is InChI=1S/C15H12N4O/c20-15(18-12-6-3-8-16-10-12)19-13-7-1-4-11-5-2-9-17-14(11)13/h1-10H,(H2,18,19,20). The first-order chi connectivity index (χ1) is 9.83. The Morgan fingerprint density at radius 3 is 2.65 bits per heavy atom. The van der Waals surface area contributed by atoms with Crippen LogP contribution in [0.4, 0.5) is 16.2 Å². The van der Waals surface area contributed by atoms with Crippen molar-refractivity contribution in [3.63, 3.8) is 0 Å². The van der Waals surface area contributed by atoms with Gasteiger partial charge >= 0.3 is 6.03 Å². The van der Waals surface area contributed by atoms with E-state index in [1.54, 1.807) is 30.7 Å². The van der Waals surface area contributed by atoms with Crippen LogP contribution in [0, 0.1) is 0 Å². The molecule has 2 heterocycles. The molecule has 0 aliphatic carbocycles. The fraction of sp³-hybridized carbons (Fsp3) is 0. The highest BCUT2D eigenvalue weighted by Crippen LogP contribution is 2.20. The lowest BCUT2D eigenvalue weighted by Crippen LogP contribution is -2.19. The highest BCUT2D eigenvalue weighted by molar-refractivity contribution is 6.04. The minimum Gasteiger partial charge on any atom is -0.306 e. The lowest BCUT2D eigenvalue weighted by atomic mass is 10.2. The van der Waals surface area contributed by atoms with E-state index in [2.05, 4.69) is 20.6 Å². The summed E-state index contributed by atoms with van der Waals surface area (Å²) in [5.41, 5.74) is 2.07. The third-order valence-corrected chi connectivity index (χ3v) is 2.80. The number of aromatic nitrogens is 2. The number of benzene rings is 1. The summed E-state index contributed by atoms with van der Waals surface area (Å²) in [6.45, 7) is 0. The van der Waals surface area contributed by atoms with Gasteiger partial charge in [0.25, 0.3) is 0 Å². The number of urea groups is 1. The molecular weight excluding hydrogens is 252 g/mol. The average molecular weight is 264 g/mol. The Morgan fingerprint density at radius 2 is 1.80 bits per heavy atom. The summed E-state index contributed by atoms with van der Waals surface area (Å²) >= 11 is 0. The SMILES string of the molecule is O=C(Nc1cccnc1)Nc1cccc2cccnc12. The van der Waals surface area contributed by atoms with Crippen LogP contribution in [0.5, 0.6) is 0 Å². The third-order valence-electron chi connectivity index (χ3n) is 2.80. The second kappa shape index (κ2) is 5.36. The Balaban J connectivity index is 1.81. The summed E-state index contributed by atoms with van der Waals surface area (Å²) in [7, 11) is 0. The summed E-state index contributed by atoms with van der Waals surface area (Å²) < 4.78 is 0. The van der Waals surface area contributed by atoms with E-state index in [4.69, 9.17) is 0 Å². The van der Waals surface area contributed by atoms with Crippen molar-refractivity contribution in [2.24, 2.45) is 0 Å². The fourth-order valence-corrected chi connectivity index (χ4v) is 1.93. The zero-order valence-electron chi connectivity index (χ0n) is 10.6. The molecule has 2 N–H and O–H groups in total. The molecule has 0 spiro atoms. The average Bonchev–Trinajstić information content (AvgIpc) is 2.48. The first kappa shape index (κ1) is 12.1. The molecule has 98 valence electrons. The molecule has 0 fully saturated rings. The Labute approximate surface area is 115 Å². The molecule has 2 aromatic heterocycles. The molecule has 20 heavy (non-hydrogen) atoms. The molecule has 0 atom stereocenters. The number of amides is 2. The van der Waals surface area contributed by atoms with Crippen LogP contribution < -0.4 is 10.6 Å². The Bertz CT molecular complexity index is 738. The number of anilines is 2. The van der Waals surface area contributed by atoms with Crippen LogP contribution in [-0.2, 0) is 0 Å². The van der Waals surface area contributed by atoms with Gasteiger partial charge in [-0.15, -0.1) is 0 Å². The smallest absolute Gasteiger partial charge is 0.306 e. The van der Waals surface area contributed by atoms with Crippen molar-refractivity contribution in [1.29, 1.82) is 0 Å². The first-order valence-corrected chi connectivity index (χ1v) is 6.15. The van der Waals surface area contributed by atoms with Crippen LogP contribution in [0.25, 0.3) is 10.9 Å². The van der Waals surface area contributed by atoms with Gasteiger partial charge in [-0.05, 0) is 24.3 Å². The maximum Gasteiger partial charge on any atom is 0.323 e. The first-order valence-electron chi connectivity index (χ1n) is 6.15. The van der Waals surface area contributed by atoms with Gasteiger partial charge < -0.3 is 10.6 Å². The molecule has 0 aliphatic heterocycles. The number of carbonyl (C=O) groups is 1. The maximum absolute atomic E-state index is 11.9. The van der Waals surface area contributed by atoms with E-state index in [0.29, 0.717) is 11.4 Å². The zero-order chi connectivity index (χ0) is 13.8. The van der Waals surface area contributed by atoms with Crippen molar-refractivity contribution in [2.45, 2.75) is 0 Å². The second-order valence-electron chi connectivity index (χ2n) is 4.20. The molecule has 0 saturated carbocycles. The van der Waals surface area contributed by atoms with Gasteiger partial charge in [0.2, 0.25) is 0 Å². The number of rotatable bonds is 2. The predicted octanol–water partition coefficient (Wildman–Crippen LogP) is 3.27. The van der Waals surface area contributed by atoms with Crippen LogP contribution in [0.3, 0.4) is 0 Å². The number of nitrogens with one attached hydrogen (secondary N) is 2. The van der Waals surface area contributed by atoms with Crippen LogP contribution in [0.1, 0.15) is 0 Å². The maximum atomic E-state index is 11.9. The molecule has 3 aromatic rings. The van der Waals surface area contributed by atoms with Crippen LogP contribution in [0.15, 0.2) is 61.1 Å². The monoisotopic (exact) mass is 264 g/mol. The Hall–Kier alpha value is -2.95. The number of fused-ring (bicyclic) bond motifs is 1. The van der Waals surface area contributed by atoms with Crippen molar-refractivity contribution < 1.29 is 4.79 Å². The van der Waals surface area contributed by atoms with Crippen molar-refractivity contribution in [3.05, 3.63) is 61.1 Å². The fourth-order valence-electron chi connectivity index (χ4n) is 1.93. The molecule has 2 amide bonds. The van der Waals surface area contributed by atoms with E-state index in [9.17, 15) is 4.79 Å². The van der Waals surface area contributed by atoms with E-state index < -0.39 is 0 Å². The van der Waals surface area contributed by atoms with Crippen LogP contribution in [0.2, 0.25) is 0 Å². The number of hydrogen-bond acceptors (Lipinski definition) is 3. The second-order valence-corrected chi connectivity index (χ2v) is 4.20. The number of hydrogen-bond donors (Lipinski definition) is 2. The van der Waals surface area contributed by atoms with E-state index in [1.807, 2.05) is 30.3 Å². The predicted molar refractivity (Wildman–Crippen MR) is 78.6 cm³/mol. The number of carbonyl (C=O) groups excluding carboxylic acids is 1. The zero-order valence-corrected chi connectivity index (χ0v) is 10.6. The summed E-state index contributed by atoms with van der Waals surface area (Å²) in [4.78, 5) is 20.2. The highest BCUT2D eigenvalue weighted by atomic mass is 16.2. The lowest BCUT2D eigenvalue weighted by Gasteiger charge is -2.09. The van der Waals surface area contributed by atoms with Gasteiger partial charge in [0.05, 0.1) is 23.1 Å². The molecule has 0 saturated heterocycles. The lowest BCUT2D eigenvalue weighted by molar-refractivity contribution is 0.262. The summed E-state index contributed by atoms with van der Waals surface area (Å²) in [6.07, 6.45) is 4.94. The molecular formula is C15H12N4O. The van der Waals surface area contributed by atoms with Gasteiger partial charge in [0, 0.05) is 17.8 Å². The molecule has 0 radical (unpaired) electrons. The quantitative estimate of drug-likeness (QED) is 0.746. The summed E-state index contributed by atoms with van der Waals surface area (Å²) in [6, 6.07) is 12.7. The highest BCUT2D eigenvalue weighted by Gasteiger charge is 2.06. The van der Waals surface area contributed by atoms with E-state index in [1.165, 1.54) is 0 Å². The third kappa shape index (κ3) is 2.56. The van der Waals surface area contributed by atoms with Crippen molar-refractivity contribution in [3.8, 4) is 0 Å². The van der Waals surface area contributed by atoms with E-state index in [-0.39, 0.29) is 6.03 Å². The Morgan fingerprint density at radius 1 is 0.950 bits per heavy atom. The van der Waals surface area contributed by atoms with Gasteiger partial charge in [0.15, 0.2) is 0 Å². The largest absolute Gasteiger partial charge is 0.323 e. The van der Waals surface area contributed by atoms with Crippen LogP contribution >= 0.6 is 0 Å². The van der Waals surface area contributed by atoms with Crippen molar-refractivity contribution >= 4 is 28.3 Å². The molecule has 5 heteroatoms. The topological polar surface area (TPSA) is 66.9 Å². The van der Waals surface area contributed by atoms with Gasteiger partial charge in [-0.2, -0.15) is 0 Å².